The summed E-state index contributed by atoms with van der Waals surface area (Å²) in [4.78, 5) is 6.42. The number of hydrogen-bond donors (Lipinski definition) is 0. The Morgan fingerprint density at radius 2 is 1.74 bits per heavy atom. The van der Waals surface area contributed by atoms with Crippen LogP contribution in [-0.4, -0.2) is 40.3 Å². The first kappa shape index (κ1) is 17.6. The zero-order chi connectivity index (χ0) is 18.5. The number of hydrogen-bond acceptors (Lipinski definition) is 4. The second-order valence-corrected chi connectivity index (χ2v) is 7.04. The fraction of sp³-hybridized carbons (Fsp3) is 0.318. The van der Waals surface area contributed by atoms with Gasteiger partial charge in [0.15, 0.2) is 0 Å². The van der Waals surface area contributed by atoms with Gasteiger partial charge >= 0.3 is 0 Å². The molecule has 1 aliphatic rings. The minimum Gasteiger partial charge on any atom is -0.492 e. The third-order valence-electron chi connectivity index (χ3n) is 4.75. The van der Waals surface area contributed by atoms with Crippen molar-refractivity contribution in [1.82, 2.24) is 14.5 Å². The average Bonchev–Trinajstić information content (AvgIpc) is 3.16. The molecule has 0 atom stereocenters. The summed E-state index contributed by atoms with van der Waals surface area (Å²) in [7, 11) is 0. The van der Waals surface area contributed by atoms with Crippen LogP contribution in [-0.2, 0) is 13.1 Å². The second-order valence-electron chi connectivity index (χ2n) is 7.04. The topological polar surface area (TPSA) is 39.5 Å². The molecule has 3 aromatic rings. The van der Waals surface area contributed by atoms with Gasteiger partial charge in [-0.3, -0.25) is 4.90 Å². The third kappa shape index (κ3) is 4.89. The van der Waals surface area contributed by atoms with E-state index in [1.165, 1.54) is 11.1 Å². The van der Waals surface area contributed by atoms with Crippen LogP contribution in [0.25, 0.3) is 0 Å². The van der Waals surface area contributed by atoms with Crippen molar-refractivity contribution < 1.29 is 9.47 Å². The van der Waals surface area contributed by atoms with E-state index in [2.05, 4.69) is 41.1 Å². The molecule has 5 heteroatoms. The first-order valence-electron chi connectivity index (χ1n) is 9.38. The molecular formula is C22H25N3O2. The Morgan fingerprint density at radius 1 is 1.00 bits per heavy atom. The zero-order valence-corrected chi connectivity index (χ0v) is 15.6. The lowest BCUT2D eigenvalue weighted by Crippen LogP contribution is -2.53. The molecule has 0 saturated carbocycles. The largest absolute Gasteiger partial charge is 0.492 e. The van der Waals surface area contributed by atoms with Crippen molar-refractivity contribution in [3.63, 3.8) is 0 Å². The predicted octanol–water partition coefficient (Wildman–Crippen LogP) is 3.53. The van der Waals surface area contributed by atoms with E-state index >= 15 is 0 Å². The van der Waals surface area contributed by atoms with Crippen LogP contribution in [0.2, 0.25) is 0 Å². The highest BCUT2D eigenvalue weighted by molar-refractivity contribution is 5.28. The Morgan fingerprint density at radius 3 is 2.44 bits per heavy atom. The van der Waals surface area contributed by atoms with Gasteiger partial charge < -0.3 is 14.0 Å². The fourth-order valence-electron chi connectivity index (χ4n) is 3.17. The standard InChI is InChI=1S/C22H25N3O2/c1-18-2-6-21(7-3-18)27-22-15-25(16-22)14-19-4-8-20(9-5-19)26-13-12-24-11-10-23-17-24/h2-11,17,22H,12-16H2,1H3. The quantitative estimate of drug-likeness (QED) is 0.614. The number of likely N-dealkylation sites (tertiary alicyclic amines) is 1. The third-order valence-corrected chi connectivity index (χ3v) is 4.75. The summed E-state index contributed by atoms with van der Waals surface area (Å²) in [6.07, 6.45) is 5.81. The molecule has 0 N–H and O–H groups in total. The monoisotopic (exact) mass is 363 g/mol. The van der Waals surface area contributed by atoms with Gasteiger partial charge in [-0.15, -0.1) is 0 Å². The molecular weight excluding hydrogens is 338 g/mol. The molecule has 1 fully saturated rings. The van der Waals surface area contributed by atoms with E-state index in [4.69, 9.17) is 9.47 Å². The fourth-order valence-corrected chi connectivity index (χ4v) is 3.17. The summed E-state index contributed by atoms with van der Waals surface area (Å²) in [6.45, 7) is 6.42. The summed E-state index contributed by atoms with van der Waals surface area (Å²) in [5.74, 6) is 1.87. The van der Waals surface area contributed by atoms with E-state index < -0.39 is 0 Å². The molecule has 0 unspecified atom stereocenters. The first-order valence-corrected chi connectivity index (χ1v) is 9.38. The van der Waals surface area contributed by atoms with E-state index in [1.807, 2.05) is 35.0 Å². The molecule has 4 rings (SSSR count). The second kappa shape index (κ2) is 8.27. The summed E-state index contributed by atoms with van der Waals surface area (Å²) >= 11 is 0. The molecule has 1 aliphatic heterocycles. The van der Waals surface area contributed by atoms with Crippen LogP contribution in [0.15, 0.2) is 67.3 Å². The van der Waals surface area contributed by atoms with Crippen LogP contribution in [0, 0.1) is 6.92 Å². The zero-order valence-electron chi connectivity index (χ0n) is 15.6. The first-order chi connectivity index (χ1) is 13.2. The van der Waals surface area contributed by atoms with Gasteiger partial charge in [-0.25, -0.2) is 4.98 Å². The van der Waals surface area contributed by atoms with Crippen molar-refractivity contribution in [2.24, 2.45) is 0 Å². The van der Waals surface area contributed by atoms with Gasteiger partial charge in [-0.05, 0) is 36.8 Å². The number of ether oxygens (including phenoxy) is 2. The molecule has 0 amide bonds. The molecule has 5 nitrogen and oxygen atoms in total. The molecule has 1 aromatic heterocycles. The van der Waals surface area contributed by atoms with Gasteiger partial charge in [0, 0.05) is 32.0 Å². The molecule has 0 bridgehead atoms. The van der Waals surface area contributed by atoms with E-state index in [1.54, 1.807) is 12.5 Å². The summed E-state index contributed by atoms with van der Waals surface area (Å²) in [5, 5.41) is 0. The Hall–Kier alpha value is -2.79. The van der Waals surface area contributed by atoms with Crippen molar-refractivity contribution in [2.45, 2.75) is 26.1 Å². The van der Waals surface area contributed by atoms with Crippen LogP contribution in [0.5, 0.6) is 11.5 Å². The minimum atomic E-state index is 0.290. The highest BCUT2D eigenvalue weighted by atomic mass is 16.5. The van der Waals surface area contributed by atoms with Crippen LogP contribution in [0.3, 0.4) is 0 Å². The minimum absolute atomic E-state index is 0.290. The maximum absolute atomic E-state index is 6.00. The van der Waals surface area contributed by atoms with Crippen molar-refractivity contribution >= 4 is 0 Å². The maximum atomic E-state index is 6.00. The van der Waals surface area contributed by atoms with Gasteiger partial charge in [-0.1, -0.05) is 29.8 Å². The number of imidazole rings is 1. The van der Waals surface area contributed by atoms with E-state index in [-0.39, 0.29) is 0 Å². The Balaban J connectivity index is 1.17. The number of rotatable bonds is 8. The Labute approximate surface area is 160 Å². The van der Waals surface area contributed by atoms with Gasteiger partial charge in [0.2, 0.25) is 0 Å². The molecule has 140 valence electrons. The van der Waals surface area contributed by atoms with Crippen LogP contribution in [0.4, 0.5) is 0 Å². The number of aryl methyl sites for hydroxylation is 1. The van der Waals surface area contributed by atoms with E-state index in [0.29, 0.717) is 12.7 Å². The molecule has 0 radical (unpaired) electrons. The van der Waals surface area contributed by atoms with Crippen molar-refractivity contribution in [3.05, 3.63) is 78.4 Å². The van der Waals surface area contributed by atoms with E-state index in [0.717, 1.165) is 37.7 Å². The highest BCUT2D eigenvalue weighted by Gasteiger charge is 2.28. The van der Waals surface area contributed by atoms with Crippen LogP contribution < -0.4 is 9.47 Å². The molecule has 27 heavy (non-hydrogen) atoms. The lowest BCUT2D eigenvalue weighted by atomic mass is 10.1. The molecule has 0 aliphatic carbocycles. The number of nitrogens with zero attached hydrogens (tertiary/aromatic N) is 3. The van der Waals surface area contributed by atoms with Crippen LogP contribution >= 0.6 is 0 Å². The van der Waals surface area contributed by atoms with Crippen LogP contribution in [0.1, 0.15) is 11.1 Å². The van der Waals surface area contributed by atoms with Gasteiger partial charge in [0.05, 0.1) is 12.9 Å². The smallest absolute Gasteiger partial charge is 0.124 e. The molecule has 2 aromatic carbocycles. The molecule has 2 heterocycles. The number of aromatic nitrogens is 2. The van der Waals surface area contributed by atoms with Gasteiger partial charge in [-0.2, -0.15) is 0 Å². The SMILES string of the molecule is Cc1ccc(OC2CN(Cc3ccc(OCCn4ccnc4)cc3)C2)cc1. The van der Waals surface area contributed by atoms with E-state index in [9.17, 15) is 0 Å². The summed E-state index contributed by atoms with van der Waals surface area (Å²) in [5.41, 5.74) is 2.55. The number of benzene rings is 2. The molecule has 1 saturated heterocycles. The van der Waals surface area contributed by atoms with Gasteiger partial charge in [0.1, 0.15) is 24.2 Å². The normalized spacial score (nSPS) is 14.7. The highest BCUT2D eigenvalue weighted by Crippen LogP contribution is 2.21. The van der Waals surface area contributed by atoms with Gasteiger partial charge in [0.25, 0.3) is 0 Å². The predicted molar refractivity (Wildman–Crippen MR) is 105 cm³/mol. The Bertz CT molecular complexity index is 823. The van der Waals surface area contributed by atoms with Crippen molar-refractivity contribution in [3.8, 4) is 11.5 Å². The maximum Gasteiger partial charge on any atom is 0.124 e. The molecule has 0 spiro atoms. The van der Waals surface area contributed by atoms with Crippen molar-refractivity contribution in [1.29, 1.82) is 0 Å². The summed E-state index contributed by atoms with van der Waals surface area (Å²) in [6, 6.07) is 16.6. The lowest BCUT2D eigenvalue weighted by molar-refractivity contribution is 0.0145. The lowest BCUT2D eigenvalue weighted by Gasteiger charge is -2.39. The average molecular weight is 363 g/mol. The Kier molecular flexibility index (Phi) is 5.39. The summed E-state index contributed by atoms with van der Waals surface area (Å²) < 4.78 is 13.8. The van der Waals surface area contributed by atoms with Crippen molar-refractivity contribution in [2.75, 3.05) is 19.7 Å².